The zero-order valence-electron chi connectivity index (χ0n) is 12.4. The first-order chi connectivity index (χ1) is 10.8. The molecule has 1 aromatic rings. The summed E-state index contributed by atoms with van der Waals surface area (Å²) in [6.45, 7) is 1.72. The zero-order chi connectivity index (χ0) is 17.1. The average molecular weight is 327 g/mol. The Hall–Kier alpha value is -2.07. The number of amides is 2. The topological polar surface area (TPSA) is 103 Å². The van der Waals surface area contributed by atoms with Gasteiger partial charge >= 0.3 is 7.12 Å². The molecule has 0 unspecified atom stereocenters. The van der Waals surface area contributed by atoms with Crippen molar-refractivity contribution in [2.75, 3.05) is 6.54 Å². The molecule has 3 N–H and O–H groups in total. The van der Waals surface area contributed by atoms with Gasteiger partial charge < -0.3 is 20.3 Å². The van der Waals surface area contributed by atoms with Crippen molar-refractivity contribution in [2.45, 2.75) is 31.7 Å². The molecule has 1 aromatic heterocycles. The number of carbonyl (C=O) groups is 2. The van der Waals surface area contributed by atoms with Gasteiger partial charge in [-0.25, -0.2) is 9.37 Å². The normalized spacial score (nSPS) is 18.7. The van der Waals surface area contributed by atoms with Gasteiger partial charge in [-0.3, -0.25) is 9.59 Å². The summed E-state index contributed by atoms with van der Waals surface area (Å²) in [6, 6.07) is -0.0290. The first-order valence-electron chi connectivity index (χ1n) is 7.10. The van der Waals surface area contributed by atoms with Crippen LogP contribution >= 0.6 is 0 Å². The van der Waals surface area contributed by atoms with E-state index in [1.807, 2.05) is 0 Å². The molecule has 0 aromatic carbocycles. The highest BCUT2D eigenvalue weighted by molar-refractivity contribution is 6.43. The van der Waals surface area contributed by atoms with Crippen molar-refractivity contribution in [3.8, 4) is 0 Å². The molecule has 2 rings (SSSR count). The van der Waals surface area contributed by atoms with E-state index in [2.05, 4.69) is 10.3 Å². The van der Waals surface area contributed by atoms with Gasteiger partial charge in [0.1, 0.15) is 6.04 Å². The van der Waals surface area contributed by atoms with Crippen molar-refractivity contribution in [3.05, 3.63) is 29.6 Å². The van der Waals surface area contributed by atoms with Crippen LogP contribution in [0.2, 0.25) is 0 Å². The molecule has 7 nitrogen and oxygen atoms in total. The second-order valence-electron chi connectivity index (χ2n) is 5.31. The van der Waals surface area contributed by atoms with Crippen molar-refractivity contribution in [3.63, 3.8) is 0 Å². The highest BCUT2D eigenvalue weighted by Gasteiger charge is 2.38. The number of halogens is 2. The van der Waals surface area contributed by atoms with E-state index >= 15 is 0 Å². The van der Waals surface area contributed by atoms with Gasteiger partial charge in [-0.15, -0.1) is 0 Å². The van der Waals surface area contributed by atoms with Crippen molar-refractivity contribution in [2.24, 2.45) is 0 Å². The second kappa shape index (κ2) is 7.01. The van der Waals surface area contributed by atoms with Gasteiger partial charge in [0, 0.05) is 12.7 Å². The Labute approximate surface area is 131 Å². The number of nitrogens with one attached hydrogen (secondary N) is 1. The molecule has 2 atom stereocenters. The number of hydrogen-bond acceptors (Lipinski definition) is 5. The van der Waals surface area contributed by atoms with Gasteiger partial charge in [0.15, 0.2) is 5.82 Å². The van der Waals surface area contributed by atoms with Crippen LogP contribution in [0.3, 0.4) is 0 Å². The minimum atomic E-state index is -1.67. The lowest BCUT2D eigenvalue weighted by molar-refractivity contribution is -0.132. The Balaban J connectivity index is 2.06. The Morgan fingerprint density at radius 3 is 2.83 bits per heavy atom. The smallest absolute Gasteiger partial charge is 0.426 e. The third kappa shape index (κ3) is 3.65. The maximum atomic E-state index is 13.5. The first kappa shape index (κ1) is 17.3. The van der Waals surface area contributed by atoms with E-state index in [4.69, 9.17) is 0 Å². The van der Waals surface area contributed by atoms with E-state index < -0.39 is 48.2 Å². The van der Waals surface area contributed by atoms with Crippen molar-refractivity contribution >= 4 is 18.9 Å². The summed E-state index contributed by atoms with van der Waals surface area (Å²) >= 11 is 0. The third-order valence-electron chi connectivity index (χ3n) is 3.74. The van der Waals surface area contributed by atoms with E-state index in [9.17, 15) is 28.4 Å². The van der Waals surface area contributed by atoms with Crippen LogP contribution in [-0.4, -0.2) is 57.4 Å². The molecule has 0 bridgehead atoms. The number of pyridine rings is 1. The van der Waals surface area contributed by atoms with Gasteiger partial charge in [-0.05, 0) is 25.8 Å². The summed E-state index contributed by atoms with van der Waals surface area (Å²) in [7, 11) is -1.67. The van der Waals surface area contributed by atoms with E-state index in [0.717, 1.165) is 12.3 Å². The molecule has 0 aliphatic carbocycles. The maximum Gasteiger partial charge on any atom is 0.475 e. The number of carbonyl (C=O) groups excluding carboxylic acids is 2. The summed E-state index contributed by atoms with van der Waals surface area (Å²) in [5, 5.41) is 20.8. The quantitative estimate of drug-likeness (QED) is 0.510. The Kier molecular flexibility index (Phi) is 5.27. The second-order valence-corrected chi connectivity index (χ2v) is 5.31. The van der Waals surface area contributed by atoms with Crippen LogP contribution in [0.5, 0.6) is 0 Å². The van der Waals surface area contributed by atoms with Crippen LogP contribution in [-0.2, 0) is 4.79 Å². The SMILES string of the molecule is C[C@@H](NC(=O)c1ccnc(F)c1F)C(=O)N1CCC[C@H]1B(O)O. The number of hydrogen-bond donors (Lipinski definition) is 3. The first-order valence-corrected chi connectivity index (χ1v) is 7.10. The summed E-state index contributed by atoms with van der Waals surface area (Å²) in [6.07, 6.45) is 1.99. The molecule has 1 aliphatic rings. The number of aromatic nitrogens is 1. The Morgan fingerprint density at radius 2 is 2.17 bits per heavy atom. The predicted octanol–water partition coefficient (Wildman–Crippen LogP) is -0.519. The van der Waals surface area contributed by atoms with Crippen LogP contribution in [0.15, 0.2) is 12.3 Å². The molecule has 1 fully saturated rings. The fourth-order valence-electron chi connectivity index (χ4n) is 2.55. The Morgan fingerprint density at radius 1 is 1.48 bits per heavy atom. The van der Waals surface area contributed by atoms with E-state index in [-0.39, 0.29) is 0 Å². The van der Waals surface area contributed by atoms with Gasteiger partial charge in [0.2, 0.25) is 11.9 Å². The number of nitrogens with zero attached hydrogens (tertiary/aromatic N) is 2. The van der Waals surface area contributed by atoms with Crippen LogP contribution < -0.4 is 5.32 Å². The lowest BCUT2D eigenvalue weighted by Gasteiger charge is -2.27. The molecule has 10 heteroatoms. The van der Waals surface area contributed by atoms with Crippen LogP contribution in [0.1, 0.15) is 30.1 Å². The molecule has 0 radical (unpaired) electrons. The third-order valence-corrected chi connectivity index (χ3v) is 3.74. The predicted molar refractivity (Wildman–Crippen MR) is 76.0 cm³/mol. The molecule has 1 aliphatic heterocycles. The van der Waals surface area contributed by atoms with Gasteiger partial charge in [0.05, 0.1) is 11.5 Å². The van der Waals surface area contributed by atoms with Gasteiger partial charge in [0.25, 0.3) is 5.91 Å². The van der Waals surface area contributed by atoms with E-state index in [1.54, 1.807) is 0 Å². The molecular formula is C13H16BF2N3O4. The molecule has 0 spiro atoms. The maximum absolute atomic E-state index is 13.5. The van der Waals surface area contributed by atoms with Crippen molar-refractivity contribution < 1.29 is 28.4 Å². The average Bonchev–Trinajstić information content (AvgIpc) is 2.98. The highest BCUT2D eigenvalue weighted by Crippen LogP contribution is 2.19. The summed E-state index contributed by atoms with van der Waals surface area (Å²) in [4.78, 5) is 28.6. The fraction of sp³-hybridized carbons (Fsp3) is 0.462. The molecule has 1 saturated heterocycles. The molecule has 2 amide bonds. The van der Waals surface area contributed by atoms with Crippen LogP contribution in [0.25, 0.3) is 0 Å². The summed E-state index contributed by atoms with van der Waals surface area (Å²) in [5.74, 6) is -5.01. The van der Waals surface area contributed by atoms with Crippen molar-refractivity contribution in [1.82, 2.24) is 15.2 Å². The fourth-order valence-corrected chi connectivity index (χ4v) is 2.55. The largest absolute Gasteiger partial charge is 0.475 e. The highest BCUT2D eigenvalue weighted by atomic mass is 19.2. The van der Waals surface area contributed by atoms with Gasteiger partial charge in [-0.2, -0.15) is 4.39 Å². The minimum Gasteiger partial charge on any atom is -0.426 e. The van der Waals surface area contributed by atoms with Crippen LogP contribution in [0.4, 0.5) is 8.78 Å². The standard InChI is InChI=1S/C13H16BF2N3O4/c1-7(13(21)19-6-2-3-9(19)14(22)23)18-12(20)8-4-5-17-11(16)10(8)15/h4-5,7,9,22-23H,2-3,6H2,1H3,(H,18,20)/t7-,9+/m1/s1. The van der Waals surface area contributed by atoms with Crippen LogP contribution in [0, 0.1) is 11.8 Å². The number of likely N-dealkylation sites (tertiary alicyclic amines) is 1. The molecule has 23 heavy (non-hydrogen) atoms. The monoisotopic (exact) mass is 327 g/mol. The molecular weight excluding hydrogens is 311 g/mol. The summed E-state index contributed by atoms with van der Waals surface area (Å²) in [5.41, 5.74) is -0.558. The molecule has 2 heterocycles. The molecule has 124 valence electrons. The lowest BCUT2D eigenvalue weighted by Crippen LogP contribution is -2.52. The number of rotatable bonds is 4. The summed E-state index contributed by atoms with van der Waals surface area (Å²) < 4.78 is 26.5. The van der Waals surface area contributed by atoms with Gasteiger partial charge in [-0.1, -0.05) is 0 Å². The lowest BCUT2D eigenvalue weighted by atomic mass is 9.78. The minimum absolute atomic E-state index is 0.333. The van der Waals surface area contributed by atoms with Crippen molar-refractivity contribution in [1.29, 1.82) is 0 Å². The zero-order valence-corrected chi connectivity index (χ0v) is 12.4. The Bertz CT molecular complexity index is 617. The van der Waals surface area contributed by atoms with E-state index in [0.29, 0.717) is 19.4 Å². The van der Waals surface area contributed by atoms with E-state index in [1.165, 1.54) is 11.8 Å². The molecule has 0 saturated carbocycles.